The number of rotatable bonds is 3. The molecule has 92 valence electrons. The van der Waals surface area contributed by atoms with Gasteiger partial charge in [-0.25, -0.2) is 9.97 Å². The normalized spacial score (nSPS) is 10.3. The largest absolute Gasteiger partial charge is 0.368 e. The molecule has 0 aliphatic rings. The molecule has 8 heteroatoms. The Balaban J connectivity index is 2.37. The Morgan fingerprint density at radius 3 is 2.72 bits per heavy atom. The third-order valence-corrected chi connectivity index (χ3v) is 3.14. The zero-order valence-electron chi connectivity index (χ0n) is 8.91. The van der Waals surface area contributed by atoms with E-state index < -0.39 is 4.92 Å². The van der Waals surface area contributed by atoms with E-state index in [0.29, 0.717) is 9.92 Å². The van der Waals surface area contributed by atoms with Crippen molar-refractivity contribution in [3.05, 3.63) is 45.6 Å². The molecule has 1 aromatic heterocycles. The second kappa shape index (κ2) is 5.19. The number of nitrogen functional groups attached to an aromatic ring is 1. The molecule has 0 amide bonds. The Morgan fingerprint density at radius 2 is 2.06 bits per heavy atom. The van der Waals surface area contributed by atoms with Gasteiger partial charge in [0, 0.05) is 12.1 Å². The lowest BCUT2D eigenvalue weighted by atomic mass is 10.3. The molecule has 0 atom stereocenters. The van der Waals surface area contributed by atoms with Crippen LogP contribution < -0.4 is 5.73 Å². The van der Waals surface area contributed by atoms with Crippen LogP contribution in [-0.2, 0) is 0 Å². The minimum Gasteiger partial charge on any atom is -0.368 e. The van der Waals surface area contributed by atoms with Crippen LogP contribution in [0.5, 0.6) is 0 Å². The molecule has 0 spiro atoms. The lowest BCUT2D eigenvalue weighted by Gasteiger charge is -2.03. The van der Waals surface area contributed by atoms with Crippen molar-refractivity contribution in [3.63, 3.8) is 0 Å². The molecule has 0 unspecified atom stereocenters. The summed E-state index contributed by atoms with van der Waals surface area (Å²) in [4.78, 5) is 18.5. The third kappa shape index (κ3) is 2.88. The summed E-state index contributed by atoms with van der Waals surface area (Å²) in [5.74, 6) is 0.0311. The number of nitro groups is 1. The van der Waals surface area contributed by atoms with E-state index in [0.717, 1.165) is 11.8 Å². The van der Waals surface area contributed by atoms with Crippen LogP contribution in [0, 0.1) is 10.1 Å². The molecule has 6 nitrogen and oxygen atoms in total. The number of anilines is 1. The van der Waals surface area contributed by atoms with Crippen LogP contribution in [0.3, 0.4) is 0 Å². The predicted octanol–water partition coefficient (Wildman–Crippen LogP) is 2.77. The maximum atomic E-state index is 10.9. The van der Waals surface area contributed by atoms with E-state index in [9.17, 15) is 10.1 Å². The highest BCUT2D eigenvalue weighted by atomic mass is 35.5. The summed E-state index contributed by atoms with van der Waals surface area (Å²) in [5, 5.41) is 11.5. The number of nitrogens with two attached hydrogens (primary N) is 1. The summed E-state index contributed by atoms with van der Waals surface area (Å²) in [7, 11) is 0. The van der Waals surface area contributed by atoms with E-state index in [1.165, 1.54) is 12.1 Å². The fourth-order valence-electron chi connectivity index (χ4n) is 1.27. The van der Waals surface area contributed by atoms with Crippen LogP contribution in [0.25, 0.3) is 0 Å². The van der Waals surface area contributed by atoms with Gasteiger partial charge in [0.1, 0.15) is 10.2 Å². The second-order valence-corrected chi connectivity index (χ2v) is 4.66. The molecule has 2 aromatic rings. The molecular weight excluding hydrogens is 276 g/mol. The molecule has 2 rings (SSSR count). The molecule has 0 saturated carbocycles. The number of hydrogen-bond acceptors (Lipinski definition) is 6. The van der Waals surface area contributed by atoms with E-state index in [2.05, 4.69) is 9.97 Å². The van der Waals surface area contributed by atoms with Crippen molar-refractivity contribution >= 4 is 35.0 Å². The number of aromatic nitrogens is 2. The molecule has 1 heterocycles. The van der Waals surface area contributed by atoms with Gasteiger partial charge in [0.15, 0.2) is 0 Å². The van der Waals surface area contributed by atoms with Gasteiger partial charge in [-0.15, -0.1) is 0 Å². The monoisotopic (exact) mass is 282 g/mol. The average molecular weight is 283 g/mol. The highest BCUT2D eigenvalue weighted by molar-refractivity contribution is 7.99. The summed E-state index contributed by atoms with van der Waals surface area (Å²) in [5.41, 5.74) is 5.47. The first-order chi connectivity index (χ1) is 8.56. The van der Waals surface area contributed by atoms with Crippen molar-refractivity contribution in [1.29, 1.82) is 0 Å². The van der Waals surface area contributed by atoms with Gasteiger partial charge in [-0.1, -0.05) is 35.5 Å². The molecule has 0 radical (unpaired) electrons. The van der Waals surface area contributed by atoms with E-state index in [-0.39, 0.29) is 16.8 Å². The molecule has 0 saturated heterocycles. The van der Waals surface area contributed by atoms with Crippen LogP contribution in [-0.4, -0.2) is 14.9 Å². The van der Waals surface area contributed by atoms with E-state index in [1.807, 2.05) is 0 Å². The highest BCUT2D eigenvalue weighted by Gasteiger charge is 2.14. The van der Waals surface area contributed by atoms with Crippen LogP contribution in [0.4, 0.5) is 11.6 Å². The second-order valence-electron chi connectivity index (χ2n) is 3.21. The number of halogens is 1. The molecule has 2 N–H and O–H groups in total. The summed E-state index contributed by atoms with van der Waals surface area (Å²) >= 11 is 6.85. The smallest absolute Gasteiger partial charge is 0.283 e. The van der Waals surface area contributed by atoms with Gasteiger partial charge in [0.25, 0.3) is 5.69 Å². The van der Waals surface area contributed by atoms with Crippen LogP contribution in [0.2, 0.25) is 5.15 Å². The van der Waals surface area contributed by atoms with E-state index >= 15 is 0 Å². The Morgan fingerprint density at radius 1 is 1.33 bits per heavy atom. The summed E-state index contributed by atoms with van der Waals surface area (Å²) in [6, 6.07) is 7.87. The van der Waals surface area contributed by atoms with Crippen molar-refractivity contribution < 1.29 is 4.92 Å². The lowest BCUT2D eigenvalue weighted by molar-refractivity contribution is -0.387. The number of para-hydroxylation sites is 1. The minimum atomic E-state index is -0.450. The van der Waals surface area contributed by atoms with Crippen molar-refractivity contribution in [3.8, 4) is 0 Å². The summed E-state index contributed by atoms with van der Waals surface area (Å²) in [6.45, 7) is 0. The summed E-state index contributed by atoms with van der Waals surface area (Å²) < 4.78 is 0. The van der Waals surface area contributed by atoms with Gasteiger partial charge in [-0.2, -0.15) is 0 Å². The number of nitro benzene ring substituents is 1. The quantitative estimate of drug-likeness (QED) is 0.528. The Kier molecular flexibility index (Phi) is 3.63. The molecule has 0 aliphatic carbocycles. The van der Waals surface area contributed by atoms with E-state index in [4.69, 9.17) is 17.3 Å². The molecular formula is C10H7ClN4O2S. The Labute approximate surface area is 111 Å². The minimum absolute atomic E-state index is 0.0100. The van der Waals surface area contributed by atoms with E-state index in [1.54, 1.807) is 18.2 Å². The first-order valence-corrected chi connectivity index (χ1v) is 5.97. The van der Waals surface area contributed by atoms with Gasteiger partial charge in [-0.3, -0.25) is 10.1 Å². The van der Waals surface area contributed by atoms with Gasteiger partial charge in [0.05, 0.1) is 9.82 Å². The SMILES string of the molecule is Nc1nc(Cl)cc(Sc2ccccc2[N+](=O)[O-])n1. The van der Waals surface area contributed by atoms with Gasteiger partial charge < -0.3 is 5.73 Å². The van der Waals surface area contributed by atoms with Crippen LogP contribution >= 0.6 is 23.4 Å². The molecule has 1 aromatic carbocycles. The fourth-order valence-corrected chi connectivity index (χ4v) is 2.46. The first kappa shape index (κ1) is 12.6. The maximum Gasteiger partial charge on any atom is 0.283 e. The van der Waals surface area contributed by atoms with Gasteiger partial charge in [0.2, 0.25) is 5.95 Å². The number of nitrogens with zero attached hydrogens (tertiary/aromatic N) is 3. The van der Waals surface area contributed by atoms with Crippen molar-refractivity contribution in [1.82, 2.24) is 9.97 Å². The predicted molar refractivity (Wildman–Crippen MR) is 68.7 cm³/mol. The lowest BCUT2D eigenvalue weighted by Crippen LogP contribution is -1.96. The van der Waals surface area contributed by atoms with Crippen molar-refractivity contribution in [2.45, 2.75) is 9.92 Å². The zero-order valence-corrected chi connectivity index (χ0v) is 10.5. The van der Waals surface area contributed by atoms with Gasteiger partial charge in [-0.05, 0) is 6.07 Å². The topological polar surface area (TPSA) is 94.9 Å². The zero-order chi connectivity index (χ0) is 13.1. The molecule has 18 heavy (non-hydrogen) atoms. The molecule has 0 aliphatic heterocycles. The number of hydrogen-bond donors (Lipinski definition) is 1. The number of benzene rings is 1. The fraction of sp³-hybridized carbons (Fsp3) is 0. The summed E-state index contributed by atoms with van der Waals surface area (Å²) in [6.07, 6.45) is 0. The molecule has 0 fully saturated rings. The van der Waals surface area contributed by atoms with Crippen LogP contribution in [0.1, 0.15) is 0 Å². The van der Waals surface area contributed by atoms with Gasteiger partial charge >= 0.3 is 0 Å². The van der Waals surface area contributed by atoms with Crippen molar-refractivity contribution in [2.24, 2.45) is 0 Å². The van der Waals surface area contributed by atoms with Crippen molar-refractivity contribution in [2.75, 3.05) is 5.73 Å². The maximum absolute atomic E-state index is 10.9. The highest BCUT2D eigenvalue weighted by Crippen LogP contribution is 2.34. The third-order valence-electron chi connectivity index (χ3n) is 1.97. The first-order valence-electron chi connectivity index (χ1n) is 4.77. The standard InChI is InChI=1S/C10H7ClN4O2S/c11-8-5-9(14-10(12)13-8)18-7-4-2-1-3-6(7)15(16)17/h1-5H,(H2,12,13,14). The Hall–Kier alpha value is -1.86. The van der Waals surface area contributed by atoms with Crippen LogP contribution in [0.15, 0.2) is 40.3 Å². The molecule has 0 bridgehead atoms. The Bertz CT molecular complexity index is 588. The average Bonchev–Trinajstić information content (AvgIpc) is 2.27.